The van der Waals surface area contributed by atoms with E-state index in [0.29, 0.717) is 15.8 Å². The van der Waals surface area contributed by atoms with Crippen LogP contribution in [-0.2, 0) is 4.79 Å². The third-order valence-corrected chi connectivity index (χ3v) is 6.25. The number of nitrogens with one attached hydrogen (secondary N) is 1. The maximum absolute atomic E-state index is 12.1. The summed E-state index contributed by atoms with van der Waals surface area (Å²) in [5, 5.41) is 4.93. The molecule has 0 aliphatic rings. The molecular formula is C23H22BrCl2N3O2. The summed E-state index contributed by atoms with van der Waals surface area (Å²) in [6.07, 6.45) is 1.62. The number of aryl methyl sites for hydroxylation is 2. The molecule has 2 aromatic carbocycles. The van der Waals surface area contributed by atoms with Gasteiger partial charge in [0.2, 0.25) is 0 Å². The van der Waals surface area contributed by atoms with Gasteiger partial charge >= 0.3 is 0 Å². The first-order valence-corrected chi connectivity index (χ1v) is 11.1. The normalized spacial score (nSPS) is 11.2. The molecule has 0 aliphatic carbocycles. The van der Waals surface area contributed by atoms with Gasteiger partial charge in [0.25, 0.3) is 5.91 Å². The van der Waals surface area contributed by atoms with Gasteiger partial charge in [0.15, 0.2) is 6.61 Å². The van der Waals surface area contributed by atoms with Crippen LogP contribution < -0.4 is 10.2 Å². The quantitative estimate of drug-likeness (QED) is 0.304. The minimum atomic E-state index is -0.401. The van der Waals surface area contributed by atoms with Crippen LogP contribution in [0.15, 0.2) is 46.0 Å². The number of amides is 1. The molecule has 0 bridgehead atoms. The lowest BCUT2D eigenvalue weighted by Crippen LogP contribution is -2.24. The summed E-state index contributed by atoms with van der Waals surface area (Å²) in [7, 11) is 0. The molecule has 8 heteroatoms. The number of carbonyl (C=O) groups excluding carboxylic acids is 1. The molecule has 1 N–H and O–H groups in total. The third kappa shape index (κ3) is 5.50. The molecule has 3 aromatic rings. The van der Waals surface area contributed by atoms with Crippen molar-refractivity contribution in [3.8, 4) is 11.4 Å². The van der Waals surface area contributed by atoms with Gasteiger partial charge in [-0.1, -0.05) is 29.3 Å². The average molecular weight is 523 g/mol. The molecule has 0 saturated heterocycles. The fraction of sp³-hybridized carbons (Fsp3) is 0.217. The van der Waals surface area contributed by atoms with Crippen LogP contribution in [0.5, 0.6) is 5.75 Å². The van der Waals surface area contributed by atoms with Crippen molar-refractivity contribution < 1.29 is 9.53 Å². The Balaban J connectivity index is 1.71. The number of hydrogen-bond donors (Lipinski definition) is 1. The smallest absolute Gasteiger partial charge is 0.277 e. The minimum absolute atomic E-state index is 0.221. The van der Waals surface area contributed by atoms with Gasteiger partial charge in [0.1, 0.15) is 5.75 Å². The van der Waals surface area contributed by atoms with Crippen molar-refractivity contribution in [3.05, 3.63) is 79.0 Å². The molecular weight excluding hydrogens is 501 g/mol. The molecule has 162 valence electrons. The van der Waals surface area contributed by atoms with Crippen molar-refractivity contribution in [2.45, 2.75) is 27.7 Å². The van der Waals surface area contributed by atoms with E-state index < -0.39 is 5.91 Å². The van der Waals surface area contributed by atoms with Crippen LogP contribution in [0.2, 0.25) is 10.0 Å². The van der Waals surface area contributed by atoms with E-state index >= 15 is 0 Å². The van der Waals surface area contributed by atoms with Crippen LogP contribution in [0.1, 0.15) is 28.1 Å². The van der Waals surface area contributed by atoms with Crippen LogP contribution in [0.4, 0.5) is 0 Å². The Labute approximate surface area is 200 Å². The number of ether oxygens (including phenoxy) is 1. The zero-order chi connectivity index (χ0) is 22.7. The van der Waals surface area contributed by atoms with E-state index in [9.17, 15) is 4.79 Å². The predicted octanol–water partition coefficient (Wildman–Crippen LogP) is 6.31. The zero-order valence-electron chi connectivity index (χ0n) is 17.6. The second-order valence-electron chi connectivity index (χ2n) is 7.24. The molecule has 3 rings (SSSR count). The molecule has 0 radical (unpaired) electrons. The van der Waals surface area contributed by atoms with Gasteiger partial charge in [-0.15, -0.1) is 0 Å². The number of hydrogen-bond acceptors (Lipinski definition) is 3. The predicted molar refractivity (Wildman–Crippen MR) is 130 cm³/mol. The van der Waals surface area contributed by atoms with Gasteiger partial charge in [-0.3, -0.25) is 4.79 Å². The zero-order valence-corrected chi connectivity index (χ0v) is 20.7. The number of rotatable bonds is 6. The standard InChI is InChI=1S/C23H22BrCl2N3O2/c1-13-7-14(2)9-18(8-13)29-15(3)19(23(24)16(29)4)11-27-28-22(30)12-31-21-6-5-17(25)10-20(21)26/h5-11H,12H2,1-4H3,(H,28,30)/b27-11-. The molecule has 0 fully saturated rings. The fourth-order valence-electron chi connectivity index (χ4n) is 3.38. The summed E-state index contributed by atoms with van der Waals surface area (Å²) < 4.78 is 8.51. The van der Waals surface area contributed by atoms with Crippen LogP contribution in [0.25, 0.3) is 5.69 Å². The Kier molecular flexibility index (Phi) is 7.46. The van der Waals surface area contributed by atoms with Crippen LogP contribution in [-0.4, -0.2) is 23.3 Å². The molecule has 0 atom stereocenters. The van der Waals surface area contributed by atoms with Crippen LogP contribution in [0.3, 0.4) is 0 Å². The summed E-state index contributed by atoms with van der Waals surface area (Å²) >= 11 is 15.5. The number of hydrazone groups is 1. The third-order valence-electron chi connectivity index (χ3n) is 4.71. The fourth-order valence-corrected chi connectivity index (χ4v) is 4.41. The average Bonchev–Trinajstić information content (AvgIpc) is 2.89. The highest BCUT2D eigenvalue weighted by atomic mass is 79.9. The lowest BCUT2D eigenvalue weighted by molar-refractivity contribution is -0.123. The van der Waals surface area contributed by atoms with Crippen molar-refractivity contribution in [1.82, 2.24) is 9.99 Å². The van der Waals surface area contributed by atoms with Crippen molar-refractivity contribution >= 4 is 51.3 Å². The highest BCUT2D eigenvalue weighted by Gasteiger charge is 2.16. The number of nitrogens with zero attached hydrogens (tertiary/aromatic N) is 2. The minimum Gasteiger partial charge on any atom is -0.482 e. The molecule has 1 heterocycles. The summed E-state index contributed by atoms with van der Waals surface area (Å²) in [4.78, 5) is 12.1. The van der Waals surface area contributed by atoms with E-state index in [2.05, 4.69) is 63.1 Å². The number of halogens is 3. The van der Waals surface area contributed by atoms with Crippen LogP contribution >= 0.6 is 39.1 Å². The molecule has 1 aromatic heterocycles. The highest BCUT2D eigenvalue weighted by molar-refractivity contribution is 9.10. The lowest BCUT2D eigenvalue weighted by atomic mass is 10.1. The van der Waals surface area contributed by atoms with E-state index in [0.717, 1.165) is 27.1 Å². The van der Waals surface area contributed by atoms with Crippen molar-refractivity contribution in [2.75, 3.05) is 6.61 Å². The summed E-state index contributed by atoms with van der Waals surface area (Å²) in [5.74, 6) is -0.0218. The van der Waals surface area contributed by atoms with Gasteiger partial charge < -0.3 is 9.30 Å². The van der Waals surface area contributed by atoms with E-state index in [4.69, 9.17) is 27.9 Å². The number of aromatic nitrogens is 1. The van der Waals surface area contributed by atoms with Crippen molar-refractivity contribution in [2.24, 2.45) is 5.10 Å². The molecule has 0 aliphatic heterocycles. The molecule has 0 unspecified atom stereocenters. The SMILES string of the molecule is Cc1cc(C)cc(-n2c(C)c(Br)c(/C=N\NC(=O)COc3ccc(Cl)cc3Cl)c2C)c1. The lowest BCUT2D eigenvalue weighted by Gasteiger charge is -2.11. The largest absolute Gasteiger partial charge is 0.482 e. The van der Waals surface area contributed by atoms with Gasteiger partial charge in [0, 0.05) is 32.1 Å². The summed E-state index contributed by atoms with van der Waals surface area (Å²) in [6, 6.07) is 11.2. The maximum Gasteiger partial charge on any atom is 0.277 e. The summed E-state index contributed by atoms with van der Waals surface area (Å²) in [5.41, 5.74) is 8.91. The Bertz CT molecular complexity index is 1150. The molecule has 0 saturated carbocycles. The molecule has 1 amide bonds. The van der Waals surface area contributed by atoms with E-state index in [1.807, 2.05) is 13.8 Å². The van der Waals surface area contributed by atoms with Crippen LogP contribution in [0, 0.1) is 27.7 Å². The topological polar surface area (TPSA) is 55.6 Å². The molecule has 31 heavy (non-hydrogen) atoms. The summed E-state index contributed by atoms with van der Waals surface area (Å²) in [6.45, 7) is 7.99. The first kappa shape index (κ1) is 23.4. The van der Waals surface area contributed by atoms with Gasteiger partial charge in [-0.2, -0.15) is 5.10 Å². The number of carbonyl (C=O) groups is 1. The Morgan fingerprint density at radius 1 is 1.10 bits per heavy atom. The second kappa shape index (κ2) is 9.90. The Morgan fingerprint density at radius 3 is 2.42 bits per heavy atom. The van der Waals surface area contributed by atoms with Gasteiger partial charge in [-0.25, -0.2) is 5.43 Å². The van der Waals surface area contributed by atoms with Crippen molar-refractivity contribution in [3.63, 3.8) is 0 Å². The highest BCUT2D eigenvalue weighted by Crippen LogP contribution is 2.30. The van der Waals surface area contributed by atoms with Gasteiger partial charge in [0.05, 0.1) is 11.2 Å². The van der Waals surface area contributed by atoms with E-state index in [-0.39, 0.29) is 6.61 Å². The van der Waals surface area contributed by atoms with E-state index in [1.54, 1.807) is 24.4 Å². The maximum atomic E-state index is 12.1. The first-order chi connectivity index (χ1) is 14.7. The van der Waals surface area contributed by atoms with Gasteiger partial charge in [-0.05, 0) is 85.1 Å². The van der Waals surface area contributed by atoms with E-state index in [1.165, 1.54) is 11.1 Å². The Hall–Kier alpha value is -2.28. The second-order valence-corrected chi connectivity index (χ2v) is 8.87. The monoisotopic (exact) mass is 521 g/mol. The first-order valence-electron chi connectivity index (χ1n) is 9.53. The molecule has 5 nitrogen and oxygen atoms in total. The molecule has 0 spiro atoms. The van der Waals surface area contributed by atoms with Crippen molar-refractivity contribution in [1.29, 1.82) is 0 Å². The number of benzene rings is 2. The Morgan fingerprint density at radius 2 is 1.77 bits per heavy atom.